The second-order valence-corrected chi connectivity index (χ2v) is 7.79. The number of aliphatic hydroxyl groups excluding tert-OH is 1. The fourth-order valence-corrected chi connectivity index (χ4v) is 3.96. The van der Waals surface area contributed by atoms with E-state index in [0.717, 1.165) is 64.4 Å². The predicted molar refractivity (Wildman–Crippen MR) is 122 cm³/mol. The lowest BCUT2D eigenvalue weighted by Crippen LogP contribution is -2.00. The number of hydrogen-bond donors (Lipinski definition) is 3. The lowest BCUT2D eigenvalue weighted by molar-refractivity contribution is 0.282. The first-order chi connectivity index (χ1) is 15.2. The molecule has 156 valence electrons. The Morgan fingerprint density at radius 3 is 2.58 bits per heavy atom. The number of nitrogens with zero attached hydrogens (tertiary/aromatic N) is 4. The van der Waals surface area contributed by atoms with Gasteiger partial charge in [-0.1, -0.05) is 36.4 Å². The zero-order valence-electron chi connectivity index (χ0n) is 17.1. The highest BCUT2D eigenvalue weighted by atomic mass is 16.3. The van der Waals surface area contributed by atoms with Gasteiger partial charge >= 0.3 is 0 Å². The molecule has 0 aliphatic carbocycles. The number of nitrogens with two attached hydrogens (primary N) is 1. The Morgan fingerprint density at radius 1 is 0.968 bits per heavy atom. The molecule has 0 radical (unpaired) electrons. The summed E-state index contributed by atoms with van der Waals surface area (Å²) in [7, 11) is 0. The molecule has 0 fully saturated rings. The van der Waals surface area contributed by atoms with Crippen molar-refractivity contribution in [2.45, 2.75) is 32.4 Å². The van der Waals surface area contributed by atoms with Gasteiger partial charge in [0.05, 0.1) is 17.8 Å². The van der Waals surface area contributed by atoms with Crippen molar-refractivity contribution in [1.82, 2.24) is 25.0 Å². The minimum absolute atomic E-state index is 0.0876. The van der Waals surface area contributed by atoms with Crippen molar-refractivity contribution in [3.05, 3.63) is 72.1 Å². The van der Waals surface area contributed by atoms with Gasteiger partial charge in [-0.15, -0.1) is 0 Å². The smallest absolute Gasteiger partial charge is 0.152 e. The third-order valence-electron chi connectivity index (χ3n) is 5.65. The third kappa shape index (κ3) is 3.87. The molecular weight excluding hydrogens is 388 g/mol. The minimum Gasteiger partial charge on any atom is -0.392 e. The molecule has 0 atom stereocenters. The molecule has 4 N–H and O–H groups in total. The second-order valence-electron chi connectivity index (χ2n) is 7.79. The zero-order chi connectivity index (χ0) is 21.2. The van der Waals surface area contributed by atoms with E-state index in [2.05, 4.69) is 50.7 Å². The number of hydrogen-bond acceptors (Lipinski definition) is 5. The van der Waals surface area contributed by atoms with Crippen LogP contribution < -0.4 is 5.73 Å². The Morgan fingerprint density at radius 2 is 1.81 bits per heavy atom. The van der Waals surface area contributed by atoms with Crippen LogP contribution in [0.15, 0.2) is 60.9 Å². The monoisotopic (exact) mass is 412 g/mol. The molecule has 5 aromatic rings. The number of H-pyrrole nitrogens is 1. The van der Waals surface area contributed by atoms with Crippen LogP contribution in [0, 0.1) is 0 Å². The van der Waals surface area contributed by atoms with E-state index in [-0.39, 0.29) is 6.61 Å². The van der Waals surface area contributed by atoms with Crippen LogP contribution in [0.25, 0.3) is 33.1 Å². The first kappa shape index (κ1) is 19.3. The van der Waals surface area contributed by atoms with Crippen LogP contribution in [0.4, 0.5) is 5.82 Å². The molecule has 0 spiro atoms. The largest absolute Gasteiger partial charge is 0.392 e. The van der Waals surface area contributed by atoms with Crippen molar-refractivity contribution in [3.63, 3.8) is 0 Å². The molecule has 7 nitrogen and oxygen atoms in total. The molecule has 0 aliphatic rings. The van der Waals surface area contributed by atoms with Crippen LogP contribution in [-0.2, 0) is 19.6 Å². The molecule has 3 aromatic heterocycles. The van der Waals surface area contributed by atoms with E-state index >= 15 is 0 Å². The van der Waals surface area contributed by atoms with E-state index in [9.17, 15) is 0 Å². The van der Waals surface area contributed by atoms with Crippen LogP contribution in [-0.4, -0.2) is 30.1 Å². The van der Waals surface area contributed by atoms with Gasteiger partial charge in [0.1, 0.15) is 5.52 Å². The number of pyridine rings is 1. The Bertz CT molecular complexity index is 1320. The van der Waals surface area contributed by atoms with Gasteiger partial charge in [-0.25, -0.2) is 4.98 Å². The van der Waals surface area contributed by atoms with Crippen LogP contribution in [0.3, 0.4) is 0 Å². The fourth-order valence-electron chi connectivity index (χ4n) is 3.96. The predicted octanol–water partition coefficient (Wildman–Crippen LogP) is 4.07. The van der Waals surface area contributed by atoms with Crippen LogP contribution in [0.1, 0.15) is 24.0 Å². The van der Waals surface area contributed by atoms with E-state index in [4.69, 9.17) is 10.8 Å². The highest BCUT2D eigenvalue weighted by molar-refractivity contribution is 6.08. The summed E-state index contributed by atoms with van der Waals surface area (Å²) in [4.78, 5) is 4.59. The molecule has 3 heterocycles. The van der Waals surface area contributed by atoms with Crippen molar-refractivity contribution < 1.29 is 5.11 Å². The fraction of sp³-hybridized carbons (Fsp3) is 0.208. The number of fused-ring (bicyclic) bond motifs is 3. The standard InChI is InChI=1S/C24H24N6O/c25-24-23-20(19-9-8-18(13-22(19)27-24)21-10-11-26-28-21)14-30(29-23)12-2-1-3-16-4-6-17(15-31)7-5-16/h4-11,13-14,31H,1-3,12,15H2,(H2,25,27)(H,26,28). The van der Waals surface area contributed by atoms with E-state index < -0.39 is 0 Å². The maximum absolute atomic E-state index is 9.14. The van der Waals surface area contributed by atoms with E-state index in [0.29, 0.717) is 5.82 Å². The quantitative estimate of drug-likeness (QED) is 0.349. The van der Waals surface area contributed by atoms with Gasteiger partial charge in [0.2, 0.25) is 0 Å². The van der Waals surface area contributed by atoms with Crippen LogP contribution in [0.5, 0.6) is 0 Å². The Hall–Kier alpha value is -3.71. The number of nitrogens with one attached hydrogen (secondary N) is 1. The molecule has 7 heteroatoms. The van der Waals surface area contributed by atoms with Crippen LogP contribution in [0.2, 0.25) is 0 Å². The molecular formula is C24H24N6O. The number of aromatic amines is 1. The number of anilines is 1. The molecule has 5 rings (SSSR count). The Labute approximate surface area is 179 Å². The number of aryl methyl sites for hydroxylation is 2. The number of aromatic nitrogens is 5. The number of unbranched alkanes of at least 4 members (excludes halogenated alkanes) is 1. The average Bonchev–Trinajstić information content (AvgIpc) is 3.48. The minimum atomic E-state index is 0.0876. The maximum atomic E-state index is 9.14. The summed E-state index contributed by atoms with van der Waals surface area (Å²) in [5, 5.41) is 22.9. The number of benzene rings is 2. The van der Waals surface area contributed by atoms with Gasteiger partial charge < -0.3 is 10.8 Å². The maximum Gasteiger partial charge on any atom is 0.152 e. The van der Waals surface area contributed by atoms with Crippen molar-refractivity contribution in [3.8, 4) is 11.3 Å². The lowest BCUT2D eigenvalue weighted by atomic mass is 10.1. The Kier molecular flexibility index (Phi) is 5.09. The lowest BCUT2D eigenvalue weighted by Gasteiger charge is -2.03. The molecule has 2 aromatic carbocycles. The van der Waals surface area contributed by atoms with Crippen molar-refractivity contribution in [2.24, 2.45) is 0 Å². The topological polar surface area (TPSA) is 106 Å². The summed E-state index contributed by atoms with van der Waals surface area (Å²) in [6.45, 7) is 0.918. The second kappa shape index (κ2) is 8.20. The van der Waals surface area contributed by atoms with Gasteiger partial charge in [0.25, 0.3) is 0 Å². The average molecular weight is 412 g/mol. The SMILES string of the molecule is Nc1nc2cc(-c3ccn[nH]3)ccc2c2cn(CCCCc3ccc(CO)cc3)nc12. The number of nitrogen functional groups attached to an aromatic ring is 1. The number of rotatable bonds is 7. The summed E-state index contributed by atoms with van der Waals surface area (Å²) in [5.41, 5.74) is 12.0. The summed E-state index contributed by atoms with van der Waals surface area (Å²) in [5.74, 6) is 0.451. The van der Waals surface area contributed by atoms with E-state index in [1.807, 2.05) is 28.9 Å². The molecule has 0 unspecified atom stereocenters. The number of aliphatic hydroxyl groups is 1. The van der Waals surface area contributed by atoms with E-state index in [1.165, 1.54) is 5.56 Å². The van der Waals surface area contributed by atoms with Crippen LogP contribution >= 0.6 is 0 Å². The molecule has 0 aliphatic heterocycles. The van der Waals surface area contributed by atoms with Crippen molar-refractivity contribution in [2.75, 3.05) is 5.73 Å². The molecule has 0 bridgehead atoms. The van der Waals surface area contributed by atoms with Gasteiger partial charge in [-0.2, -0.15) is 10.2 Å². The first-order valence-electron chi connectivity index (χ1n) is 10.5. The van der Waals surface area contributed by atoms with Crippen molar-refractivity contribution in [1.29, 1.82) is 0 Å². The molecule has 0 saturated heterocycles. The highest BCUT2D eigenvalue weighted by Gasteiger charge is 2.12. The van der Waals surface area contributed by atoms with Gasteiger partial charge in [0, 0.05) is 35.3 Å². The van der Waals surface area contributed by atoms with Gasteiger partial charge in [0.15, 0.2) is 5.82 Å². The van der Waals surface area contributed by atoms with Gasteiger partial charge in [-0.05, 0) is 42.5 Å². The summed E-state index contributed by atoms with van der Waals surface area (Å²) < 4.78 is 1.97. The summed E-state index contributed by atoms with van der Waals surface area (Å²) >= 11 is 0. The Balaban J connectivity index is 1.32. The zero-order valence-corrected chi connectivity index (χ0v) is 17.1. The summed E-state index contributed by atoms with van der Waals surface area (Å²) in [6, 6.07) is 16.2. The molecule has 0 amide bonds. The normalized spacial score (nSPS) is 11.5. The highest BCUT2D eigenvalue weighted by Crippen LogP contribution is 2.30. The molecule has 0 saturated carbocycles. The summed E-state index contributed by atoms with van der Waals surface area (Å²) in [6.07, 6.45) is 6.90. The third-order valence-corrected chi connectivity index (χ3v) is 5.65. The van der Waals surface area contributed by atoms with E-state index in [1.54, 1.807) is 6.20 Å². The van der Waals surface area contributed by atoms with Crippen molar-refractivity contribution >= 4 is 27.6 Å². The molecule has 31 heavy (non-hydrogen) atoms. The van der Waals surface area contributed by atoms with Gasteiger partial charge in [-0.3, -0.25) is 9.78 Å². The first-order valence-corrected chi connectivity index (χ1v) is 10.5.